The highest BCUT2D eigenvalue weighted by Gasteiger charge is 2.12. The molecule has 0 aromatic carbocycles. The van der Waals surface area contributed by atoms with Crippen LogP contribution in [0.4, 0.5) is 10.6 Å². The molecule has 1 rings (SSSR count). The molecule has 0 aliphatic rings. The van der Waals surface area contributed by atoms with Gasteiger partial charge in [-0.05, 0) is 36.8 Å². The monoisotopic (exact) mass is 265 g/mol. The van der Waals surface area contributed by atoms with Crippen molar-refractivity contribution in [2.75, 3.05) is 18.5 Å². The van der Waals surface area contributed by atoms with E-state index in [4.69, 9.17) is 5.11 Å². The third-order valence-corrected chi connectivity index (χ3v) is 2.80. The van der Waals surface area contributed by atoms with Gasteiger partial charge in [-0.25, -0.2) is 9.78 Å². The molecule has 0 radical (unpaired) electrons. The Morgan fingerprint density at radius 3 is 2.79 bits per heavy atom. The number of rotatable bonds is 7. The largest absolute Gasteiger partial charge is 0.396 e. The summed E-state index contributed by atoms with van der Waals surface area (Å²) in [6.07, 6.45) is 3.33. The Bertz CT molecular complexity index is 368. The van der Waals surface area contributed by atoms with Gasteiger partial charge >= 0.3 is 6.03 Å². The second-order valence-corrected chi connectivity index (χ2v) is 5.06. The summed E-state index contributed by atoms with van der Waals surface area (Å²) in [4.78, 5) is 15.7. The molecule has 1 heterocycles. The number of urea groups is 1. The van der Waals surface area contributed by atoms with Gasteiger partial charge in [0.1, 0.15) is 5.82 Å². The van der Waals surface area contributed by atoms with E-state index in [2.05, 4.69) is 29.5 Å². The van der Waals surface area contributed by atoms with Crippen LogP contribution < -0.4 is 10.6 Å². The quantitative estimate of drug-likeness (QED) is 0.708. The van der Waals surface area contributed by atoms with E-state index in [9.17, 15) is 4.79 Å². The number of pyridine rings is 1. The van der Waals surface area contributed by atoms with Crippen molar-refractivity contribution in [3.8, 4) is 0 Å². The summed E-state index contributed by atoms with van der Waals surface area (Å²) in [6.45, 7) is 5.00. The molecule has 0 fully saturated rings. The third kappa shape index (κ3) is 6.76. The lowest BCUT2D eigenvalue weighted by Gasteiger charge is -2.18. The number of aromatic nitrogens is 1. The van der Waals surface area contributed by atoms with Gasteiger partial charge < -0.3 is 10.4 Å². The maximum absolute atomic E-state index is 11.7. The highest BCUT2D eigenvalue weighted by atomic mass is 16.3. The number of aliphatic hydroxyl groups is 1. The molecule has 5 nitrogen and oxygen atoms in total. The van der Waals surface area contributed by atoms with Crippen LogP contribution in [-0.4, -0.2) is 29.3 Å². The minimum Gasteiger partial charge on any atom is -0.396 e. The fraction of sp³-hybridized carbons (Fsp3) is 0.571. The molecule has 0 aliphatic heterocycles. The molecule has 106 valence electrons. The van der Waals surface area contributed by atoms with Crippen LogP contribution in [0.25, 0.3) is 0 Å². The van der Waals surface area contributed by atoms with Crippen LogP contribution in [0.1, 0.15) is 26.7 Å². The second kappa shape index (κ2) is 8.48. The molecule has 5 heteroatoms. The van der Waals surface area contributed by atoms with E-state index in [0.717, 1.165) is 6.42 Å². The molecular weight excluding hydrogens is 242 g/mol. The Balaban J connectivity index is 2.35. The van der Waals surface area contributed by atoms with Crippen LogP contribution in [0.5, 0.6) is 0 Å². The predicted octanol–water partition coefficient (Wildman–Crippen LogP) is 2.25. The Hall–Kier alpha value is -1.62. The normalized spacial score (nSPS) is 12.2. The summed E-state index contributed by atoms with van der Waals surface area (Å²) in [6, 6.07) is 5.09. The van der Waals surface area contributed by atoms with Crippen molar-refractivity contribution in [3.63, 3.8) is 0 Å². The third-order valence-electron chi connectivity index (χ3n) is 2.80. The molecule has 0 spiro atoms. The molecule has 1 aromatic rings. The minimum atomic E-state index is -0.259. The Morgan fingerprint density at radius 1 is 1.42 bits per heavy atom. The van der Waals surface area contributed by atoms with E-state index in [-0.39, 0.29) is 12.6 Å². The average molecular weight is 265 g/mol. The van der Waals surface area contributed by atoms with E-state index in [1.807, 2.05) is 6.07 Å². The number of carbonyl (C=O) groups is 1. The molecule has 1 unspecified atom stereocenters. The molecule has 0 aliphatic carbocycles. The van der Waals surface area contributed by atoms with Gasteiger partial charge in [-0.2, -0.15) is 0 Å². The zero-order valence-corrected chi connectivity index (χ0v) is 11.6. The summed E-state index contributed by atoms with van der Waals surface area (Å²) >= 11 is 0. The van der Waals surface area contributed by atoms with E-state index in [1.54, 1.807) is 18.3 Å². The lowest BCUT2D eigenvalue weighted by Crippen LogP contribution is -2.34. The molecule has 0 bridgehead atoms. The number of carbonyl (C=O) groups excluding carboxylic acids is 1. The van der Waals surface area contributed by atoms with Gasteiger partial charge in [-0.1, -0.05) is 19.9 Å². The van der Waals surface area contributed by atoms with Gasteiger partial charge in [-0.15, -0.1) is 0 Å². The molecular formula is C14H23N3O2. The van der Waals surface area contributed by atoms with Crippen molar-refractivity contribution < 1.29 is 9.90 Å². The topological polar surface area (TPSA) is 74.2 Å². The van der Waals surface area contributed by atoms with Crippen molar-refractivity contribution in [1.29, 1.82) is 0 Å². The predicted molar refractivity (Wildman–Crippen MR) is 75.9 cm³/mol. The fourth-order valence-electron chi connectivity index (χ4n) is 1.99. The molecule has 0 saturated heterocycles. The maximum atomic E-state index is 11.7. The van der Waals surface area contributed by atoms with Gasteiger partial charge in [-0.3, -0.25) is 5.32 Å². The van der Waals surface area contributed by atoms with Crippen molar-refractivity contribution in [2.45, 2.75) is 26.7 Å². The Labute approximate surface area is 114 Å². The molecule has 2 amide bonds. The fourth-order valence-corrected chi connectivity index (χ4v) is 1.99. The number of aliphatic hydroxyl groups excluding tert-OH is 1. The molecule has 0 saturated carbocycles. The summed E-state index contributed by atoms with van der Waals surface area (Å²) in [5, 5.41) is 14.5. The first-order valence-corrected chi connectivity index (χ1v) is 6.68. The molecule has 1 aromatic heterocycles. The number of hydrogen-bond donors (Lipinski definition) is 3. The summed E-state index contributed by atoms with van der Waals surface area (Å²) in [5.74, 6) is 1.39. The zero-order chi connectivity index (χ0) is 14.1. The standard InChI is InChI=1S/C14H23N3O2/c1-11(2)9-12(6-8-18)10-16-14(19)17-13-5-3-4-7-15-13/h3-5,7,11-12,18H,6,8-10H2,1-2H3,(H2,15,16,17,19). The Kier molecular flexibility index (Phi) is 6.89. The number of nitrogens with one attached hydrogen (secondary N) is 2. The number of anilines is 1. The van der Waals surface area contributed by atoms with Crippen LogP contribution in [0.15, 0.2) is 24.4 Å². The smallest absolute Gasteiger partial charge is 0.320 e. The van der Waals surface area contributed by atoms with E-state index < -0.39 is 0 Å². The van der Waals surface area contributed by atoms with Crippen LogP contribution in [-0.2, 0) is 0 Å². The van der Waals surface area contributed by atoms with Crippen LogP contribution in [0.3, 0.4) is 0 Å². The summed E-state index contributed by atoms with van der Waals surface area (Å²) in [7, 11) is 0. The first kappa shape index (κ1) is 15.4. The lowest BCUT2D eigenvalue weighted by atomic mass is 9.94. The minimum absolute atomic E-state index is 0.154. The van der Waals surface area contributed by atoms with Crippen molar-refractivity contribution in [1.82, 2.24) is 10.3 Å². The van der Waals surface area contributed by atoms with Crippen LogP contribution in [0, 0.1) is 11.8 Å². The average Bonchev–Trinajstić information content (AvgIpc) is 2.37. The molecule has 19 heavy (non-hydrogen) atoms. The van der Waals surface area contributed by atoms with Gasteiger partial charge in [0.25, 0.3) is 0 Å². The first-order valence-electron chi connectivity index (χ1n) is 6.68. The second-order valence-electron chi connectivity index (χ2n) is 5.06. The van der Waals surface area contributed by atoms with E-state index in [0.29, 0.717) is 30.6 Å². The molecule has 1 atom stereocenters. The van der Waals surface area contributed by atoms with E-state index in [1.165, 1.54) is 0 Å². The summed E-state index contributed by atoms with van der Waals surface area (Å²) < 4.78 is 0. The van der Waals surface area contributed by atoms with Crippen molar-refractivity contribution in [3.05, 3.63) is 24.4 Å². The highest BCUT2D eigenvalue weighted by Crippen LogP contribution is 2.14. The van der Waals surface area contributed by atoms with Crippen molar-refractivity contribution in [2.24, 2.45) is 11.8 Å². The van der Waals surface area contributed by atoms with Crippen molar-refractivity contribution >= 4 is 11.8 Å². The summed E-state index contributed by atoms with van der Waals surface area (Å²) in [5.41, 5.74) is 0. The first-order chi connectivity index (χ1) is 9.11. The SMILES string of the molecule is CC(C)CC(CCO)CNC(=O)Nc1ccccn1. The van der Waals surface area contributed by atoms with Gasteiger partial charge in [0.05, 0.1) is 0 Å². The number of amides is 2. The number of nitrogens with zero attached hydrogens (tertiary/aromatic N) is 1. The van der Waals surface area contributed by atoms with E-state index >= 15 is 0 Å². The van der Waals surface area contributed by atoms with Crippen LogP contribution >= 0.6 is 0 Å². The highest BCUT2D eigenvalue weighted by molar-refractivity contribution is 5.88. The molecule has 3 N–H and O–H groups in total. The number of hydrogen-bond acceptors (Lipinski definition) is 3. The van der Waals surface area contributed by atoms with Gasteiger partial charge in [0.2, 0.25) is 0 Å². The zero-order valence-electron chi connectivity index (χ0n) is 11.6. The maximum Gasteiger partial charge on any atom is 0.320 e. The van der Waals surface area contributed by atoms with Gasteiger partial charge in [0, 0.05) is 19.3 Å². The van der Waals surface area contributed by atoms with Crippen LogP contribution in [0.2, 0.25) is 0 Å². The lowest BCUT2D eigenvalue weighted by molar-refractivity contribution is 0.231. The van der Waals surface area contributed by atoms with Gasteiger partial charge in [0.15, 0.2) is 0 Å². The Morgan fingerprint density at radius 2 is 2.21 bits per heavy atom.